The number of hydrogen-bond acceptors (Lipinski definition) is 6. The van der Waals surface area contributed by atoms with Crippen molar-refractivity contribution >= 4 is 23.5 Å². The molecule has 1 amide bonds. The van der Waals surface area contributed by atoms with Crippen molar-refractivity contribution in [3.63, 3.8) is 0 Å². The van der Waals surface area contributed by atoms with Crippen molar-refractivity contribution < 1.29 is 9.53 Å². The minimum Gasteiger partial charge on any atom is -0.395 e. The zero-order chi connectivity index (χ0) is 24.8. The first-order chi connectivity index (χ1) is 17.6. The molecule has 0 bridgehead atoms. The number of pyridine rings is 2. The zero-order valence-corrected chi connectivity index (χ0v) is 21.3. The highest BCUT2D eigenvalue weighted by Crippen LogP contribution is 2.48. The van der Waals surface area contributed by atoms with Crippen LogP contribution < -0.4 is 10.6 Å². The molecular weight excluding hydrogens is 450 g/mol. The van der Waals surface area contributed by atoms with E-state index in [2.05, 4.69) is 40.4 Å². The number of carbonyl (C=O) groups is 1. The van der Waals surface area contributed by atoms with Gasteiger partial charge in [0, 0.05) is 43.9 Å². The molecule has 2 saturated carbocycles. The summed E-state index contributed by atoms with van der Waals surface area (Å²) in [6, 6.07) is 4.39. The van der Waals surface area contributed by atoms with Gasteiger partial charge >= 0.3 is 0 Å². The van der Waals surface area contributed by atoms with Gasteiger partial charge in [0.15, 0.2) is 5.82 Å². The second kappa shape index (κ2) is 9.51. The van der Waals surface area contributed by atoms with Gasteiger partial charge < -0.3 is 20.3 Å². The van der Waals surface area contributed by atoms with Crippen molar-refractivity contribution in [1.29, 1.82) is 0 Å². The highest BCUT2D eigenvalue weighted by Gasteiger charge is 2.42. The summed E-state index contributed by atoms with van der Waals surface area (Å²) in [5, 5.41) is 0. The lowest BCUT2D eigenvalue weighted by atomic mass is 9.93. The Morgan fingerprint density at radius 1 is 1.25 bits per heavy atom. The van der Waals surface area contributed by atoms with Crippen LogP contribution in [0.5, 0.6) is 0 Å². The minimum absolute atomic E-state index is 0.114. The Kier molecular flexibility index (Phi) is 6.20. The molecule has 2 aromatic rings. The molecule has 4 aliphatic rings. The van der Waals surface area contributed by atoms with Crippen molar-refractivity contribution in [3.05, 3.63) is 41.9 Å². The van der Waals surface area contributed by atoms with Crippen LogP contribution in [0.1, 0.15) is 68.3 Å². The van der Waals surface area contributed by atoms with Gasteiger partial charge in [-0.15, -0.1) is 0 Å². The van der Waals surface area contributed by atoms with Crippen LogP contribution in [0.15, 0.2) is 24.9 Å². The number of piperazine rings is 1. The number of ether oxygens (including phenoxy) is 1. The largest absolute Gasteiger partial charge is 0.395 e. The third kappa shape index (κ3) is 4.38. The van der Waals surface area contributed by atoms with Crippen molar-refractivity contribution in [1.82, 2.24) is 14.9 Å². The Hall–Kier alpha value is -2.93. The molecule has 4 fully saturated rings. The molecule has 6 rings (SSSR count). The highest BCUT2D eigenvalue weighted by molar-refractivity contribution is 5.83. The third-order valence-corrected chi connectivity index (χ3v) is 8.35. The monoisotopic (exact) mass is 487 g/mol. The maximum Gasteiger partial charge on any atom is 0.225 e. The summed E-state index contributed by atoms with van der Waals surface area (Å²) in [6.45, 7) is 9.16. The molecule has 190 valence electrons. The van der Waals surface area contributed by atoms with E-state index in [9.17, 15) is 4.79 Å². The summed E-state index contributed by atoms with van der Waals surface area (Å²) in [6.07, 6.45) is 10.8. The molecule has 7 heteroatoms. The van der Waals surface area contributed by atoms with E-state index in [-0.39, 0.29) is 18.1 Å². The standard InChI is InChI=1S/C29H37N5O2/c1-3-21-15-20(9-11-31-21)26-23(4-2)27(30)29(32-28(26)19-7-8-19)33-12-13-34(24(17-33)18-5-6-18)25(35)16-22-10-14-36-22/h3,9,11,15,18-19,22,24H,1,4-8,10,12-14,16-17,30H2,2H3/t22-,24+/m1/s1. The van der Waals surface area contributed by atoms with Gasteiger partial charge in [-0.25, -0.2) is 4.98 Å². The molecule has 0 radical (unpaired) electrons. The second-order valence-corrected chi connectivity index (χ2v) is 10.8. The lowest BCUT2D eigenvalue weighted by Gasteiger charge is -2.43. The smallest absolute Gasteiger partial charge is 0.225 e. The first kappa shape index (κ1) is 23.5. The van der Waals surface area contributed by atoms with E-state index in [1.54, 1.807) is 6.08 Å². The van der Waals surface area contributed by atoms with E-state index >= 15 is 0 Å². The summed E-state index contributed by atoms with van der Waals surface area (Å²) in [4.78, 5) is 27.3. The number of nitrogens with two attached hydrogens (primary N) is 1. The Labute approximate surface area is 213 Å². The first-order valence-electron chi connectivity index (χ1n) is 13.6. The lowest BCUT2D eigenvalue weighted by molar-refractivity contribution is -0.142. The first-order valence-corrected chi connectivity index (χ1v) is 13.6. The molecule has 2 atom stereocenters. The Bertz CT molecular complexity index is 1170. The van der Waals surface area contributed by atoms with Crippen LogP contribution in [0, 0.1) is 5.92 Å². The molecule has 2 aliphatic heterocycles. The maximum atomic E-state index is 13.1. The van der Waals surface area contributed by atoms with Gasteiger partial charge in [-0.2, -0.15) is 0 Å². The van der Waals surface area contributed by atoms with E-state index < -0.39 is 0 Å². The average molecular weight is 488 g/mol. The van der Waals surface area contributed by atoms with Crippen LogP contribution in [0.4, 0.5) is 11.5 Å². The van der Waals surface area contributed by atoms with Crippen molar-refractivity contribution in [2.24, 2.45) is 5.92 Å². The summed E-state index contributed by atoms with van der Waals surface area (Å²) in [7, 11) is 0. The topological polar surface area (TPSA) is 84.6 Å². The average Bonchev–Trinajstić information content (AvgIpc) is 3.78. The summed E-state index contributed by atoms with van der Waals surface area (Å²) < 4.78 is 5.55. The van der Waals surface area contributed by atoms with Gasteiger partial charge in [-0.05, 0) is 73.8 Å². The highest BCUT2D eigenvalue weighted by atomic mass is 16.5. The van der Waals surface area contributed by atoms with Crippen LogP contribution in [-0.2, 0) is 16.0 Å². The Morgan fingerprint density at radius 3 is 2.69 bits per heavy atom. The third-order valence-electron chi connectivity index (χ3n) is 8.35. The number of rotatable bonds is 8. The van der Waals surface area contributed by atoms with E-state index in [0.29, 0.717) is 18.3 Å². The van der Waals surface area contributed by atoms with E-state index in [0.717, 1.165) is 61.8 Å². The number of carbonyl (C=O) groups excluding carboxylic acids is 1. The SMILES string of the molecule is C=Cc1cc(-c2c(C3CC3)nc(N3CCN(C(=O)C[C@H]4CCO4)[C@H](C4CC4)C3)c(N)c2CC)ccn1. The van der Waals surface area contributed by atoms with Crippen molar-refractivity contribution in [3.8, 4) is 11.1 Å². The number of amides is 1. The zero-order valence-electron chi connectivity index (χ0n) is 21.3. The molecule has 36 heavy (non-hydrogen) atoms. The van der Waals surface area contributed by atoms with Gasteiger partial charge in [0.05, 0.1) is 35.6 Å². The predicted octanol–water partition coefficient (Wildman–Crippen LogP) is 4.41. The molecule has 2 N–H and O–H groups in total. The second-order valence-electron chi connectivity index (χ2n) is 10.8. The van der Waals surface area contributed by atoms with Crippen LogP contribution in [0.3, 0.4) is 0 Å². The fraction of sp³-hybridized carbons (Fsp3) is 0.552. The fourth-order valence-electron chi connectivity index (χ4n) is 5.91. The summed E-state index contributed by atoms with van der Waals surface area (Å²) in [5.74, 6) is 2.23. The minimum atomic E-state index is 0.114. The van der Waals surface area contributed by atoms with E-state index in [4.69, 9.17) is 15.5 Å². The molecule has 0 aromatic carbocycles. The maximum absolute atomic E-state index is 13.1. The van der Waals surface area contributed by atoms with E-state index in [1.807, 2.05) is 6.20 Å². The van der Waals surface area contributed by atoms with Gasteiger partial charge in [-0.3, -0.25) is 9.78 Å². The summed E-state index contributed by atoms with van der Waals surface area (Å²) >= 11 is 0. The lowest BCUT2D eigenvalue weighted by Crippen LogP contribution is -2.57. The van der Waals surface area contributed by atoms with Crippen LogP contribution in [0.2, 0.25) is 0 Å². The summed E-state index contributed by atoms with van der Waals surface area (Å²) in [5.41, 5.74) is 13.2. The Balaban J connectivity index is 1.33. The van der Waals surface area contributed by atoms with Crippen molar-refractivity contribution in [2.45, 2.75) is 69.9 Å². The van der Waals surface area contributed by atoms with E-state index in [1.165, 1.54) is 42.5 Å². The number of anilines is 2. The fourth-order valence-corrected chi connectivity index (χ4v) is 5.91. The van der Waals surface area contributed by atoms with Gasteiger partial charge in [0.2, 0.25) is 5.91 Å². The van der Waals surface area contributed by atoms with Gasteiger partial charge in [0.25, 0.3) is 0 Å². The Morgan fingerprint density at radius 2 is 2.06 bits per heavy atom. The number of aromatic nitrogens is 2. The van der Waals surface area contributed by atoms with Crippen molar-refractivity contribution in [2.75, 3.05) is 36.9 Å². The van der Waals surface area contributed by atoms with Crippen LogP contribution in [0.25, 0.3) is 17.2 Å². The van der Waals surface area contributed by atoms with Gasteiger partial charge in [0.1, 0.15) is 0 Å². The quantitative estimate of drug-likeness (QED) is 0.594. The molecule has 2 aliphatic carbocycles. The predicted molar refractivity (Wildman–Crippen MR) is 143 cm³/mol. The molecule has 0 unspecified atom stereocenters. The molecule has 4 heterocycles. The normalized spacial score (nSPS) is 23.9. The van der Waals surface area contributed by atoms with Crippen LogP contribution in [-0.4, -0.2) is 59.2 Å². The van der Waals surface area contributed by atoms with Crippen LogP contribution >= 0.6 is 0 Å². The molecule has 0 spiro atoms. The molecule has 2 aromatic heterocycles. The molecular formula is C29H37N5O2. The molecule has 7 nitrogen and oxygen atoms in total. The number of nitrogen functional groups attached to an aromatic ring is 1. The number of nitrogens with zero attached hydrogens (tertiary/aromatic N) is 4. The van der Waals surface area contributed by atoms with Gasteiger partial charge in [-0.1, -0.05) is 13.5 Å². The number of hydrogen-bond donors (Lipinski definition) is 1. The molecule has 2 saturated heterocycles.